The van der Waals surface area contributed by atoms with Crippen molar-refractivity contribution in [2.24, 2.45) is 5.92 Å². The Morgan fingerprint density at radius 1 is 1.18 bits per heavy atom. The second-order valence-electron chi connectivity index (χ2n) is 8.60. The molecule has 0 amide bonds. The molecule has 0 bridgehead atoms. The fourth-order valence-corrected chi connectivity index (χ4v) is 5.19. The van der Waals surface area contributed by atoms with Crippen molar-refractivity contribution in [1.82, 2.24) is 9.88 Å². The van der Waals surface area contributed by atoms with Crippen molar-refractivity contribution >= 4 is 34.1 Å². The maximum absolute atomic E-state index is 13.5. The predicted molar refractivity (Wildman–Crippen MR) is 129 cm³/mol. The van der Waals surface area contributed by atoms with Gasteiger partial charge < -0.3 is 24.1 Å². The number of rotatable bonds is 6. The number of ketones is 2. The number of allylic oxidation sites excluding steroid dienone is 1. The number of fused-ring (bicyclic) bond motifs is 2. The van der Waals surface area contributed by atoms with Gasteiger partial charge >= 0.3 is 0 Å². The van der Waals surface area contributed by atoms with Crippen LogP contribution in [0.15, 0.2) is 54.4 Å². The van der Waals surface area contributed by atoms with E-state index < -0.39 is 23.1 Å². The van der Waals surface area contributed by atoms with E-state index in [2.05, 4.69) is 34.3 Å². The van der Waals surface area contributed by atoms with Crippen LogP contribution in [0.1, 0.15) is 23.7 Å². The van der Waals surface area contributed by atoms with Crippen molar-refractivity contribution in [3.63, 3.8) is 0 Å². The average molecular weight is 481 g/mol. The molecule has 176 valence electrons. The fraction of sp³-hybridized carbons (Fsp3) is 0.308. The molecule has 5 rings (SSSR count). The monoisotopic (exact) mass is 480 g/mol. The van der Waals surface area contributed by atoms with Crippen LogP contribution in [0.3, 0.4) is 0 Å². The SMILES string of the molecule is COc1cc(OC)c2c(c1Cl)OC1(C(=O)C=C(NCCn3ccc4ccccc43)CC1C)C2=O. The third kappa shape index (κ3) is 3.26. The standard InChI is InChI=1S/C26H25ClN2O5/c1-15-12-17(28-9-11-29-10-8-16-6-4-5-7-18(16)29)13-21(30)26(15)25(31)22-19(32-2)14-20(33-3)23(27)24(22)34-26/h4-8,10,13-15,28H,9,11-12H2,1-3H3. The number of halogens is 1. The van der Waals surface area contributed by atoms with Gasteiger partial charge in [0.05, 0.1) is 14.2 Å². The number of carbonyl (C=O) groups excluding carboxylic acids is 2. The van der Waals surface area contributed by atoms with E-state index in [1.807, 2.05) is 19.1 Å². The van der Waals surface area contributed by atoms with E-state index in [1.165, 1.54) is 31.7 Å². The first-order valence-corrected chi connectivity index (χ1v) is 11.5. The summed E-state index contributed by atoms with van der Waals surface area (Å²) in [6.07, 6.45) is 4.02. The van der Waals surface area contributed by atoms with E-state index in [4.69, 9.17) is 25.8 Å². The van der Waals surface area contributed by atoms with Gasteiger partial charge in [-0.05, 0) is 23.9 Å². The number of methoxy groups -OCH3 is 2. The second-order valence-corrected chi connectivity index (χ2v) is 8.98. The lowest BCUT2D eigenvalue weighted by Gasteiger charge is -2.35. The minimum Gasteiger partial charge on any atom is -0.496 e. The van der Waals surface area contributed by atoms with Gasteiger partial charge in [0.15, 0.2) is 5.75 Å². The summed E-state index contributed by atoms with van der Waals surface area (Å²) in [5.74, 6) is -0.536. The van der Waals surface area contributed by atoms with Crippen LogP contribution in [-0.2, 0) is 11.3 Å². The van der Waals surface area contributed by atoms with Gasteiger partial charge in [0.2, 0.25) is 17.2 Å². The van der Waals surface area contributed by atoms with Crippen LogP contribution in [0.25, 0.3) is 10.9 Å². The number of para-hydroxylation sites is 1. The molecule has 7 nitrogen and oxygen atoms in total. The molecule has 1 spiro atoms. The Labute approximate surface area is 202 Å². The number of aromatic nitrogens is 1. The Kier molecular flexibility index (Phi) is 5.52. The number of nitrogens with one attached hydrogen (secondary N) is 1. The topological polar surface area (TPSA) is 78.8 Å². The van der Waals surface area contributed by atoms with Crippen molar-refractivity contribution in [2.45, 2.75) is 25.5 Å². The predicted octanol–water partition coefficient (Wildman–Crippen LogP) is 4.41. The molecule has 2 aromatic carbocycles. The van der Waals surface area contributed by atoms with Gasteiger partial charge in [-0.3, -0.25) is 9.59 Å². The first kappa shape index (κ1) is 22.3. The van der Waals surface area contributed by atoms with Gasteiger partial charge in [-0.15, -0.1) is 0 Å². The van der Waals surface area contributed by atoms with Crippen LogP contribution in [-0.4, -0.2) is 42.5 Å². The summed E-state index contributed by atoms with van der Waals surface area (Å²) >= 11 is 6.43. The van der Waals surface area contributed by atoms with Crippen molar-refractivity contribution < 1.29 is 23.8 Å². The maximum atomic E-state index is 13.5. The molecule has 0 fully saturated rings. The Hall–Kier alpha value is -3.45. The Balaban J connectivity index is 1.37. The quantitative estimate of drug-likeness (QED) is 0.526. The van der Waals surface area contributed by atoms with E-state index in [0.717, 1.165) is 17.8 Å². The number of Topliss-reactive ketones (excluding diaryl/α,β-unsaturated/α-hetero) is 1. The number of ether oxygens (including phenoxy) is 3. The number of benzene rings is 2. The highest BCUT2D eigenvalue weighted by Crippen LogP contribution is 2.52. The normalized spacial score (nSPS) is 21.4. The lowest BCUT2D eigenvalue weighted by Crippen LogP contribution is -2.55. The van der Waals surface area contributed by atoms with Crippen LogP contribution >= 0.6 is 11.6 Å². The van der Waals surface area contributed by atoms with E-state index in [-0.39, 0.29) is 22.1 Å². The summed E-state index contributed by atoms with van der Waals surface area (Å²) in [7, 11) is 2.91. The molecule has 0 saturated heterocycles. The van der Waals surface area contributed by atoms with E-state index in [0.29, 0.717) is 18.7 Å². The highest BCUT2D eigenvalue weighted by Gasteiger charge is 2.60. The summed E-state index contributed by atoms with van der Waals surface area (Å²) in [6, 6.07) is 11.8. The van der Waals surface area contributed by atoms with Gasteiger partial charge in [-0.1, -0.05) is 36.7 Å². The summed E-state index contributed by atoms with van der Waals surface area (Å²) in [5, 5.41) is 4.70. The van der Waals surface area contributed by atoms with Crippen molar-refractivity contribution in [3.05, 3.63) is 65.0 Å². The number of nitrogens with zero attached hydrogens (tertiary/aromatic N) is 1. The van der Waals surface area contributed by atoms with Crippen LogP contribution in [0.5, 0.6) is 17.2 Å². The third-order valence-corrected chi connectivity index (χ3v) is 7.05. The molecule has 2 aliphatic rings. The second kappa shape index (κ2) is 8.40. The van der Waals surface area contributed by atoms with Crippen LogP contribution in [0.2, 0.25) is 5.02 Å². The molecule has 2 atom stereocenters. The average Bonchev–Trinajstić information content (AvgIpc) is 3.38. The van der Waals surface area contributed by atoms with Crippen molar-refractivity contribution in [2.75, 3.05) is 20.8 Å². The summed E-state index contributed by atoms with van der Waals surface area (Å²) in [5.41, 5.74) is 0.461. The summed E-state index contributed by atoms with van der Waals surface area (Å²) in [6.45, 7) is 3.23. The van der Waals surface area contributed by atoms with Crippen LogP contribution < -0.4 is 19.5 Å². The largest absolute Gasteiger partial charge is 0.496 e. The van der Waals surface area contributed by atoms with Gasteiger partial charge in [-0.25, -0.2) is 0 Å². The molecule has 2 heterocycles. The maximum Gasteiger partial charge on any atom is 0.236 e. The smallest absolute Gasteiger partial charge is 0.236 e. The van der Waals surface area contributed by atoms with Crippen molar-refractivity contribution in [1.29, 1.82) is 0 Å². The first-order chi connectivity index (χ1) is 16.4. The molecular weight excluding hydrogens is 456 g/mol. The molecule has 34 heavy (non-hydrogen) atoms. The third-order valence-electron chi connectivity index (χ3n) is 6.70. The van der Waals surface area contributed by atoms with E-state index in [1.54, 1.807) is 0 Å². The lowest BCUT2D eigenvalue weighted by molar-refractivity contribution is -0.129. The van der Waals surface area contributed by atoms with Crippen molar-refractivity contribution in [3.8, 4) is 17.2 Å². The Morgan fingerprint density at radius 2 is 1.94 bits per heavy atom. The summed E-state index contributed by atoms with van der Waals surface area (Å²) in [4.78, 5) is 26.9. The molecule has 1 aromatic heterocycles. The van der Waals surface area contributed by atoms with Gasteiger partial charge in [-0.2, -0.15) is 0 Å². The molecule has 0 radical (unpaired) electrons. The number of carbonyl (C=O) groups is 2. The molecule has 1 aliphatic carbocycles. The van der Waals surface area contributed by atoms with Gasteiger partial charge in [0.1, 0.15) is 22.1 Å². The molecule has 3 aromatic rings. The zero-order valence-corrected chi connectivity index (χ0v) is 19.9. The van der Waals surface area contributed by atoms with Gasteiger partial charge in [0.25, 0.3) is 0 Å². The summed E-state index contributed by atoms with van der Waals surface area (Å²) < 4.78 is 18.9. The molecule has 8 heteroatoms. The minimum absolute atomic E-state index is 0.132. The lowest BCUT2D eigenvalue weighted by atomic mass is 9.74. The van der Waals surface area contributed by atoms with E-state index in [9.17, 15) is 9.59 Å². The highest BCUT2D eigenvalue weighted by molar-refractivity contribution is 6.36. The van der Waals surface area contributed by atoms with E-state index >= 15 is 0 Å². The zero-order chi connectivity index (χ0) is 24.0. The Bertz CT molecular complexity index is 1340. The molecule has 2 unspecified atom stereocenters. The molecular formula is C26H25ClN2O5. The fourth-order valence-electron chi connectivity index (χ4n) is 4.92. The minimum atomic E-state index is -1.66. The Morgan fingerprint density at radius 3 is 2.68 bits per heavy atom. The molecule has 1 aliphatic heterocycles. The van der Waals surface area contributed by atoms with Gasteiger partial charge in [0, 0.05) is 48.6 Å². The zero-order valence-electron chi connectivity index (χ0n) is 19.2. The first-order valence-electron chi connectivity index (χ1n) is 11.1. The number of hydrogen-bond donors (Lipinski definition) is 1. The molecule has 1 N–H and O–H groups in total. The molecule has 0 saturated carbocycles. The number of hydrogen-bond acceptors (Lipinski definition) is 6. The van der Waals surface area contributed by atoms with Crippen LogP contribution in [0, 0.1) is 5.92 Å². The van der Waals surface area contributed by atoms with Crippen LogP contribution in [0.4, 0.5) is 0 Å². The highest BCUT2D eigenvalue weighted by atomic mass is 35.5.